The van der Waals surface area contributed by atoms with Gasteiger partial charge < -0.3 is 14.6 Å². The van der Waals surface area contributed by atoms with Gasteiger partial charge in [0.05, 0.1) is 23.7 Å². The molecule has 176 valence electrons. The van der Waals surface area contributed by atoms with Gasteiger partial charge in [-0.25, -0.2) is 19.2 Å². The van der Waals surface area contributed by atoms with E-state index in [1.165, 1.54) is 19.1 Å². The van der Waals surface area contributed by atoms with Gasteiger partial charge in [-0.15, -0.1) is 0 Å². The van der Waals surface area contributed by atoms with Crippen molar-refractivity contribution in [1.82, 2.24) is 9.97 Å². The summed E-state index contributed by atoms with van der Waals surface area (Å²) in [6.07, 6.45) is 0. The highest BCUT2D eigenvalue weighted by Crippen LogP contribution is 2.37. The van der Waals surface area contributed by atoms with Crippen LogP contribution in [0.25, 0.3) is 10.9 Å². The number of benzene rings is 2. The second-order valence-electron chi connectivity index (χ2n) is 8.04. The molecule has 3 aromatic rings. The van der Waals surface area contributed by atoms with Crippen molar-refractivity contribution in [3.05, 3.63) is 59.2 Å². The summed E-state index contributed by atoms with van der Waals surface area (Å²) in [7, 11) is -2.57. The standard InChI is InChI=1S/C23H25F3N3O3P/c1-6-32-22(30)23(25,26)18-9-7-8-16(20(18)24)13(2)27-21-17-12-15(33(4,5)31)10-11-19(17)28-14(3)29-21/h7-13H,6H2,1-5H3,(H,27,28,29). The third kappa shape index (κ3) is 5.03. The molecule has 0 amide bonds. The quantitative estimate of drug-likeness (QED) is 0.373. The van der Waals surface area contributed by atoms with Crippen molar-refractivity contribution in [2.24, 2.45) is 0 Å². The van der Waals surface area contributed by atoms with Crippen molar-refractivity contribution in [3.8, 4) is 0 Å². The Morgan fingerprint density at radius 3 is 2.55 bits per heavy atom. The van der Waals surface area contributed by atoms with Crippen LogP contribution in [0.4, 0.5) is 19.0 Å². The van der Waals surface area contributed by atoms with Gasteiger partial charge in [0.25, 0.3) is 0 Å². The fourth-order valence-electron chi connectivity index (χ4n) is 3.42. The van der Waals surface area contributed by atoms with E-state index in [1.54, 1.807) is 45.4 Å². The van der Waals surface area contributed by atoms with Crippen molar-refractivity contribution in [1.29, 1.82) is 0 Å². The first-order chi connectivity index (χ1) is 15.4. The zero-order chi connectivity index (χ0) is 24.6. The smallest absolute Gasteiger partial charge is 0.382 e. The molecule has 1 aromatic heterocycles. The van der Waals surface area contributed by atoms with E-state index in [0.717, 1.165) is 6.07 Å². The maximum Gasteiger partial charge on any atom is 0.382 e. The minimum Gasteiger partial charge on any atom is -0.461 e. The summed E-state index contributed by atoms with van der Waals surface area (Å²) in [6, 6.07) is 7.86. The van der Waals surface area contributed by atoms with E-state index in [1.807, 2.05) is 0 Å². The van der Waals surface area contributed by atoms with E-state index < -0.39 is 36.5 Å². The van der Waals surface area contributed by atoms with E-state index in [-0.39, 0.29) is 12.2 Å². The Morgan fingerprint density at radius 1 is 1.21 bits per heavy atom. The molecule has 2 aromatic carbocycles. The predicted octanol–water partition coefficient (Wildman–Crippen LogP) is 5.15. The number of anilines is 1. The lowest BCUT2D eigenvalue weighted by atomic mass is 10.00. The van der Waals surface area contributed by atoms with E-state index in [2.05, 4.69) is 20.0 Å². The van der Waals surface area contributed by atoms with Crippen LogP contribution in [-0.2, 0) is 20.0 Å². The van der Waals surface area contributed by atoms with Crippen LogP contribution in [0.15, 0.2) is 36.4 Å². The molecular weight excluding hydrogens is 454 g/mol. The maximum absolute atomic E-state index is 15.1. The molecule has 10 heteroatoms. The first kappa shape index (κ1) is 24.7. The fourth-order valence-corrected chi connectivity index (χ4v) is 4.29. The van der Waals surface area contributed by atoms with Crippen molar-refractivity contribution in [3.63, 3.8) is 0 Å². The molecule has 1 atom stereocenters. The third-order valence-electron chi connectivity index (χ3n) is 5.13. The molecule has 0 fully saturated rings. The number of ether oxygens (including phenoxy) is 1. The largest absolute Gasteiger partial charge is 0.461 e. The number of nitrogens with zero attached hydrogens (tertiary/aromatic N) is 2. The van der Waals surface area contributed by atoms with Gasteiger partial charge in [-0.2, -0.15) is 8.78 Å². The Morgan fingerprint density at radius 2 is 1.91 bits per heavy atom. The van der Waals surface area contributed by atoms with Gasteiger partial charge in [0.1, 0.15) is 24.6 Å². The molecule has 0 saturated heterocycles. The Kier molecular flexibility index (Phi) is 6.84. The van der Waals surface area contributed by atoms with Crippen molar-refractivity contribution in [2.45, 2.75) is 32.7 Å². The van der Waals surface area contributed by atoms with Gasteiger partial charge >= 0.3 is 11.9 Å². The summed E-state index contributed by atoms with van der Waals surface area (Å²) < 4.78 is 61.1. The molecule has 0 aliphatic heterocycles. The van der Waals surface area contributed by atoms with Gasteiger partial charge in [-0.1, -0.05) is 12.1 Å². The van der Waals surface area contributed by atoms with Crippen LogP contribution in [0.1, 0.15) is 36.8 Å². The summed E-state index contributed by atoms with van der Waals surface area (Å²) in [5, 5.41) is 4.25. The molecule has 1 heterocycles. The number of hydrogen-bond donors (Lipinski definition) is 1. The van der Waals surface area contributed by atoms with Crippen LogP contribution in [0.2, 0.25) is 0 Å². The van der Waals surface area contributed by atoms with E-state index in [0.29, 0.717) is 27.8 Å². The molecule has 1 N–H and O–H groups in total. The number of aryl methyl sites for hydroxylation is 1. The highest BCUT2D eigenvalue weighted by atomic mass is 31.2. The summed E-state index contributed by atoms with van der Waals surface area (Å²) >= 11 is 0. The molecular formula is C23H25F3N3O3P. The molecule has 0 saturated carbocycles. The number of halogens is 3. The topological polar surface area (TPSA) is 81.2 Å². The van der Waals surface area contributed by atoms with Gasteiger partial charge in [0, 0.05) is 16.3 Å². The molecule has 0 bridgehead atoms. The Hall–Kier alpha value is -2.93. The SMILES string of the molecule is CCOC(=O)C(F)(F)c1cccc(C(C)Nc2nc(C)nc3ccc(P(C)(C)=O)cc23)c1F. The number of alkyl halides is 2. The van der Waals surface area contributed by atoms with Crippen LogP contribution >= 0.6 is 7.14 Å². The van der Waals surface area contributed by atoms with Crippen LogP contribution < -0.4 is 10.6 Å². The molecule has 1 unspecified atom stereocenters. The number of nitrogens with one attached hydrogen (secondary N) is 1. The molecule has 33 heavy (non-hydrogen) atoms. The van der Waals surface area contributed by atoms with E-state index in [4.69, 9.17) is 0 Å². The molecule has 0 aliphatic rings. The summed E-state index contributed by atoms with van der Waals surface area (Å²) in [6.45, 7) is 7.70. The van der Waals surface area contributed by atoms with Gasteiger partial charge in [-0.3, -0.25) is 0 Å². The highest BCUT2D eigenvalue weighted by molar-refractivity contribution is 7.70. The highest BCUT2D eigenvalue weighted by Gasteiger charge is 2.45. The van der Waals surface area contributed by atoms with E-state index in [9.17, 15) is 18.1 Å². The normalized spacial score (nSPS) is 13.1. The minimum atomic E-state index is -4.13. The Bertz CT molecular complexity index is 1260. The Balaban J connectivity index is 2.04. The lowest BCUT2D eigenvalue weighted by Gasteiger charge is -2.21. The Labute approximate surface area is 190 Å². The number of rotatable bonds is 7. The number of aromatic nitrogens is 2. The fraction of sp³-hybridized carbons (Fsp3) is 0.348. The molecule has 0 spiro atoms. The monoisotopic (exact) mass is 479 g/mol. The lowest BCUT2D eigenvalue weighted by Crippen LogP contribution is -2.30. The summed E-state index contributed by atoms with van der Waals surface area (Å²) in [5.74, 6) is -6.36. The average molecular weight is 479 g/mol. The molecule has 0 aliphatic carbocycles. The minimum absolute atomic E-state index is 0.0753. The van der Waals surface area contributed by atoms with Crippen molar-refractivity contribution >= 4 is 35.1 Å². The summed E-state index contributed by atoms with van der Waals surface area (Å²) in [5.41, 5.74) is -0.540. The molecule has 6 nitrogen and oxygen atoms in total. The lowest BCUT2D eigenvalue weighted by molar-refractivity contribution is -0.173. The van der Waals surface area contributed by atoms with Crippen molar-refractivity contribution < 1.29 is 27.3 Å². The van der Waals surface area contributed by atoms with Crippen molar-refractivity contribution in [2.75, 3.05) is 25.3 Å². The van der Waals surface area contributed by atoms with Crippen LogP contribution in [0.3, 0.4) is 0 Å². The summed E-state index contributed by atoms with van der Waals surface area (Å²) in [4.78, 5) is 20.5. The molecule has 3 rings (SSSR count). The second-order valence-corrected chi connectivity index (χ2v) is 11.3. The first-order valence-electron chi connectivity index (χ1n) is 10.3. The number of carbonyl (C=O) groups is 1. The van der Waals surface area contributed by atoms with Gasteiger partial charge in [-0.05, 0) is 58.4 Å². The van der Waals surface area contributed by atoms with E-state index >= 15 is 4.39 Å². The van der Waals surface area contributed by atoms with Gasteiger partial charge in [0.2, 0.25) is 0 Å². The predicted molar refractivity (Wildman–Crippen MR) is 122 cm³/mol. The van der Waals surface area contributed by atoms with Gasteiger partial charge in [0.15, 0.2) is 0 Å². The van der Waals surface area contributed by atoms with Crippen LogP contribution in [0.5, 0.6) is 0 Å². The third-order valence-corrected chi connectivity index (χ3v) is 6.65. The zero-order valence-corrected chi connectivity index (χ0v) is 19.8. The van der Waals surface area contributed by atoms with Crippen LogP contribution in [0, 0.1) is 12.7 Å². The first-order valence-corrected chi connectivity index (χ1v) is 12.9. The number of hydrogen-bond acceptors (Lipinski definition) is 6. The second kappa shape index (κ2) is 9.14. The maximum atomic E-state index is 15.1. The number of esters is 1. The zero-order valence-electron chi connectivity index (χ0n) is 18.9. The molecule has 0 radical (unpaired) electrons. The van der Waals surface area contributed by atoms with Crippen LogP contribution in [-0.4, -0.2) is 35.9 Å². The average Bonchev–Trinajstić information content (AvgIpc) is 2.72. The number of carbonyl (C=O) groups excluding carboxylic acids is 1. The number of fused-ring (bicyclic) bond motifs is 1.